The number of nitrogens with zero attached hydrogens (tertiary/aromatic N) is 1. The number of benzene rings is 1. The molecule has 0 aromatic heterocycles. The highest BCUT2D eigenvalue weighted by Crippen LogP contribution is 2.75. The summed E-state index contributed by atoms with van der Waals surface area (Å²) in [5.41, 5.74) is 0.690. The first-order chi connectivity index (χ1) is 27.0. The lowest BCUT2D eigenvalue weighted by atomic mass is 9.34. The molecule has 12 atom stereocenters. The molecule has 9 heteroatoms. The van der Waals surface area contributed by atoms with Gasteiger partial charge in [-0.25, -0.2) is 8.42 Å². The highest BCUT2D eigenvalue weighted by atomic mass is 32.2. The van der Waals surface area contributed by atoms with Crippen molar-refractivity contribution in [3.05, 3.63) is 41.5 Å². The average molecular weight is 826 g/mol. The summed E-state index contributed by atoms with van der Waals surface area (Å²) >= 11 is 0. The molecule has 1 aliphatic heterocycles. The van der Waals surface area contributed by atoms with Gasteiger partial charge >= 0.3 is 5.97 Å². The third-order valence-corrected chi connectivity index (χ3v) is 20.3. The molecule has 0 N–H and O–H groups in total. The Bertz CT molecular complexity index is 1790. The number of likely N-dealkylation sites (N-methyl/N-ethyl adjacent to an activating group) is 1. The summed E-state index contributed by atoms with van der Waals surface area (Å²) in [7, 11) is -0.278. The summed E-state index contributed by atoms with van der Waals surface area (Å²) < 4.78 is 56.3. The number of allylic oxidation sites excluding steroid dienone is 1. The SMILES string of the molecule is CCCCOC(=O)[C@@H]1[C@@](C)([C@H](C)C(C)C)CC[C@]2(C)[C@H]3CC[C@@H]4[C@@]5(COC[C@]4(C)[C@@H](OC[C@@](C)(C(C)C)N(C)S(=O)(=O)c4ccc(C)cc4)[C@H](OC)C5)C3=CC[C@@]12C. The summed E-state index contributed by atoms with van der Waals surface area (Å²) in [6.45, 7) is 28.9. The van der Waals surface area contributed by atoms with Crippen molar-refractivity contribution in [2.45, 2.75) is 157 Å². The van der Waals surface area contributed by atoms with Crippen molar-refractivity contribution < 1.29 is 32.2 Å². The summed E-state index contributed by atoms with van der Waals surface area (Å²) in [6, 6.07) is 7.09. The van der Waals surface area contributed by atoms with Gasteiger partial charge in [0.25, 0.3) is 0 Å². The third-order valence-electron chi connectivity index (χ3n) is 18.3. The van der Waals surface area contributed by atoms with Gasteiger partial charge in [0.15, 0.2) is 0 Å². The minimum absolute atomic E-state index is 0.0111. The van der Waals surface area contributed by atoms with E-state index < -0.39 is 15.6 Å². The second-order valence-electron chi connectivity index (χ2n) is 21.5. The monoisotopic (exact) mass is 826 g/mol. The van der Waals surface area contributed by atoms with E-state index in [0.29, 0.717) is 43.5 Å². The minimum Gasteiger partial charge on any atom is -0.465 e. The predicted molar refractivity (Wildman–Crippen MR) is 232 cm³/mol. The Morgan fingerprint density at radius 3 is 2.28 bits per heavy atom. The van der Waals surface area contributed by atoms with Crippen molar-refractivity contribution in [3.8, 4) is 0 Å². The molecule has 1 aromatic carbocycles. The Kier molecular flexibility index (Phi) is 12.7. The van der Waals surface area contributed by atoms with E-state index in [1.54, 1.807) is 19.2 Å². The lowest BCUT2D eigenvalue weighted by Gasteiger charge is -2.71. The minimum atomic E-state index is -3.79. The number of ether oxygens (including phenoxy) is 4. The lowest BCUT2D eigenvalue weighted by Crippen LogP contribution is -2.70. The molecule has 8 nitrogen and oxygen atoms in total. The van der Waals surface area contributed by atoms with Crippen LogP contribution < -0.4 is 0 Å². The molecule has 1 heterocycles. The molecule has 4 aliphatic carbocycles. The first kappa shape index (κ1) is 45.7. The van der Waals surface area contributed by atoms with Gasteiger partial charge in [0.05, 0.1) is 55.0 Å². The molecule has 4 fully saturated rings. The second-order valence-corrected chi connectivity index (χ2v) is 23.5. The van der Waals surface area contributed by atoms with Crippen LogP contribution in [0.15, 0.2) is 40.8 Å². The van der Waals surface area contributed by atoms with E-state index in [0.717, 1.165) is 56.9 Å². The van der Waals surface area contributed by atoms with Crippen molar-refractivity contribution in [3.63, 3.8) is 0 Å². The molecular weight excluding hydrogens is 747 g/mol. The van der Waals surface area contributed by atoms with Crippen LogP contribution in [0.1, 0.15) is 133 Å². The Balaban J connectivity index is 1.34. The fourth-order valence-corrected chi connectivity index (χ4v) is 15.1. The van der Waals surface area contributed by atoms with Crippen LogP contribution in [0, 0.1) is 69.5 Å². The summed E-state index contributed by atoms with van der Waals surface area (Å²) in [4.78, 5) is 14.9. The number of sulfonamides is 1. The second kappa shape index (κ2) is 16.2. The van der Waals surface area contributed by atoms with Crippen LogP contribution in [0.2, 0.25) is 0 Å². The highest BCUT2D eigenvalue weighted by Gasteiger charge is 2.72. The molecule has 1 aromatic rings. The Hall–Kier alpha value is -1.78. The zero-order valence-corrected chi connectivity index (χ0v) is 39.5. The first-order valence-electron chi connectivity index (χ1n) is 22.7. The molecule has 1 saturated heterocycles. The predicted octanol–water partition coefficient (Wildman–Crippen LogP) is 10.3. The number of unbranched alkanes of at least 4 members (excludes halogenated alkanes) is 1. The van der Waals surface area contributed by atoms with E-state index in [2.05, 4.69) is 75.3 Å². The number of fused-ring (bicyclic) bond motifs is 3. The quantitative estimate of drug-likeness (QED) is 0.105. The van der Waals surface area contributed by atoms with Gasteiger partial charge in [-0.1, -0.05) is 105 Å². The van der Waals surface area contributed by atoms with Gasteiger partial charge in [-0.05, 0) is 117 Å². The van der Waals surface area contributed by atoms with Crippen LogP contribution in [-0.2, 0) is 33.8 Å². The number of esters is 1. The largest absolute Gasteiger partial charge is 0.465 e. The fourth-order valence-electron chi connectivity index (χ4n) is 13.5. The molecular formula is C49H79NO7S. The lowest BCUT2D eigenvalue weighted by molar-refractivity contribution is -0.271. The Labute approximate surface area is 353 Å². The molecule has 58 heavy (non-hydrogen) atoms. The van der Waals surface area contributed by atoms with Gasteiger partial charge in [0, 0.05) is 25.0 Å². The zero-order valence-electron chi connectivity index (χ0n) is 38.7. The van der Waals surface area contributed by atoms with Crippen molar-refractivity contribution in [2.24, 2.45) is 62.6 Å². The Morgan fingerprint density at radius 1 is 1.00 bits per heavy atom. The zero-order chi connectivity index (χ0) is 42.9. The molecule has 0 radical (unpaired) electrons. The molecule has 0 unspecified atom stereocenters. The van der Waals surface area contributed by atoms with Crippen molar-refractivity contribution in [1.29, 1.82) is 0 Å². The maximum atomic E-state index is 14.6. The van der Waals surface area contributed by atoms with Crippen LogP contribution in [-0.4, -0.2) is 77.0 Å². The van der Waals surface area contributed by atoms with E-state index >= 15 is 0 Å². The Morgan fingerprint density at radius 2 is 1.67 bits per heavy atom. The van der Waals surface area contributed by atoms with Crippen LogP contribution in [0.3, 0.4) is 0 Å². The number of carbonyl (C=O) groups is 1. The summed E-state index contributed by atoms with van der Waals surface area (Å²) in [5, 5.41) is 0. The summed E-state index contributed by atoms with van der Waals surface area (Å²) in [5.74, 6) is 1.29. The van der Waals surface area contributed by atoms with Gasteiger partial charge in [0.2, 0.25) is 10.0 Å². The number of aryl methyl sites for hydroxylation is 1. The van der Waals surface area contributed by atoms with Gasteiger partial charge in [-0.2, -0.15) is 4.31 Å². The maximum absolute atomic E-state index is 14.6. The number of carbonyl (C=O) groups excluding carboxylic acids is 1. The number of methoxy groups -OCH3 is 1. The van der Waals surface area contributed by atoms with Gasteiger partial charge < -0.3 is 18.9 Å². The molecule has 5 aliphatic rings. The van der Waals surface area contributed by atoms with E-state index in [1.165, 1.54) is 9.88 Å². The van der Waals surface area contributed by atoms with E-state index in [-0.39, 0.29) is 68.6 Å². The molecule has 2 bridgehead atoms. The third kappa shape index (κ3) is 6.90. The standard InChI is InChI=1S/C49H79NO7S/c1-15-16-27-56-43(51)41-44(8,35(7)32(2)3)25-26-46(10)37-21-22-40-45(9)29-55-31-49(40,38(37)23-24-47(41,46)11)28-39(54-14)42(45)57-30-48(12,33(4)5)50(13)58(52,53)36-19-17-34(6)18-20-36/h17-20,23,32-33,35,37,39-42H,15-16,21-22,24-31H2,1-14H3/t35-,37+,39-,40+,41-,42+,44-,45+,46-,47+,48+,49+/m1/s1. The van der Waals surface area contributed by atoms with Crippen LogP contribution in [0.5, 0.6) is 0 Å². The smallest absolute Gasteiger partial charge is 0.310 e. The molecule has 0 spiro atoms. The van der Waals surface area contributed by atoms with E-state index in [4.69, 9.17) is 18.9 Å². The van der Waals surface area contributed by atoms with Gasteiger partial charge in [-0.3, -0.25) is 4.79 Å². The van der Waals surface area contributed by atoms with E-state index in [9.17, 15) is 13.2 Å². The number of hydrogen-bond donors (Lipinski definition) is 0. The van der Waals surface area contributed by atoms with Crippen LogP contribution in [0.4, 0.5) is 0 Å². The average Bonchev–Trinajstić information content (AvgIpc) is 3.17. The van der Waals surface area contributed by atoms with Crippen molar-refractivity contribution in [2.75, 3.05) is 40.6 Å². The number of hydrogen-bond acceptors (Lipinski definition) is 7. The van der Waals surface area contributed by atoms with Gasteiger partial charge in [0.1, 0.15) is 0 Å². The molecule has 328 valence electrons. The maximum Gasteiger partial charge on any atom is 0.310 e. The number of rotatable bonds is 14. The highest BCUT2D eigenvalue weighted by molar-refractivity contribution is 7.89. The summed E-state index contributed by atoms with van der Waals surface area (Å²) in [6.07, 6.45) is 9.86. The van der Waals surface area contributed by atoms with Crippen molar-refractivity contribution in [1.82, 2.24) is 4.31 Å². The van der Waals surface area contributed by atoms with Crippen LogP contribution in [0.25, 0.3) is 0 Å². The molecule has 0 amide bonds. The normalized spacial score (nSPS) is 39.0. The first-order valence-corrected chi connectivity index (χ1v) is 24.1. The van der Waals surface area contributed by atoms with E-state index in [1.807, 2.05) is 33.1 Å². The fraction of sp³-hybridized carbons (Fsp3) is 0.816. The topological polar surface area (TPSA) is 91.4 Å². The molecule has 6 rings (SSSR count). The van der Waals surface area contributed by atoms with Crippen molar-refractivity contribution >= 4 is 16.0 Å². The van der Waals surface area contributed by atoms with Crippen LogP contribution >= 0.6 is 0 Å². The molecule has 3 saturated carbocycles. The van der Waals surface area contributed by atoms with Gasteiger partial charge in [-0.15, -0.1) is 0 Å².